The third kappa shape index (κ3) is 6.62. The van der Waals surface area contributed by atoms with Crippen LogP contribution in [-0.2, 0) is 0 Å². The fourth-order valence-corrected chi connectivity index (χ4v) is 8.04. The standard InChI is InChI=1S/C50H50N4O/c1-31(2)37-19-13-20-38(32(3)4)49(37)53-43-25-11-9-17-35(43)29-45(53)41-23-15-27-47(51-41)55-48-28-16-24-42(52-48)46-30-36-18-10-12-26-44(36)54(46)50-39(33(5)6)21-14-22-40(50)34(7)8/h9-34H,1-8H3. The maximum Gasteiger partial charge on any atom is 0.221 e. The molecular formula is C50H50N4O. The van der Waals surface area contributed by atoms with Crippen LogP contribution >= 0.6 is 0 Å². The van der Waals surface area contributed by atoms with E-state index in [1.54, 1.807) is 0 Å². The molecule has 55 heavy (non-hydrogen) atoms. The summed E-state index contributed by atoms with van der Waals surface area (Å²) >= 11 is 0. The molecule has 0 spiro atoms. The van der Waals surface area contributed by atoms with Crippen molar-refractivity contribution in [3.05, 3.63) is 156 Å². The molecule has 0 saturated carbocycles. The highest BCUT2D eigenvalue weighted by molar-refractivity contribution is 5.90. The second-order valence-electron chi connectivity index (χ2n) is 15.9. The lowest BCUT2D eigenvalue weighted by Crippen LogP contribution is -2.09. The zero-order valence-corrected chi connectivity index (χ0v) is 33.2. The van der Waals surface area contributed by atoms with Crippen molar-refractivity contribution in [1.82, 2.24) is 19.1 Å². The number of hydrogen-bond donors (Lipinski definition) is 0. The van der Waals surface area contributed by atoms with Crippen LogP contribution in [0.3, 0.4) is 0 Å². The maximum absolute atomic E-state index is 6.55. The first-order valence-electron chi connectivity index (χ1n) is 19.7. The van der Waals surface area contributed by atoms with Crippen LogP contribution < -0.4 is 4.74 Å². The number of pyridine rings is 2. The molecule has 5 heteroatoms. The first-order valence-corrected chi connectivity index (χ1v) is 19.7. The van der Waals surface area contributed by atoms with E-state index in [1.807, 2.05) is 24.3 Å². The molecule has 0 aliphatic rings. The van der Waals surface area contributed by atoms with E-state index in [9.17, 15) is 0 Å². The van der Waals surface area contributed by atoms with E-state index in [0.717, 1.165) is 33.8 Å². The van der Waals surface area contributed by atoms with Crippen molar-refractivity contribution in [2.24, 2.45) is 0 Å². The first-order chi connectivity index (χ1) is 26.6. The van der Waals surface area contributed by atoms with Crippen LogP contribution in [0.1, 0.15) is 101 Å². The van der Waals surface area contributed by atoms with Gasteiger partial charge in [0.25, 0.3) is 0 Å². The molecule has 0 bridgehead atoms. The number of aromatic nitrogens is 4. The summed E-state index contributed by atoms with van der Waals surface area (Å²) in [7, 11) is 0. The normalized spacial score (nSPS) is 11.9. The summed E-state index contributed by atoms with van der Waals surface area (Å²) < 4.78 is 11.4. The number of hydrogen-bond acceptors (Lipinski definition) is 3. The van der Waals surface area contributed by atoms with Gasteiger partial charge in [-0.3, -0.25) is 0 Å². The van der Waals surface area contributed by atoms with E-state index in [-0.39, 0.29) is 0 Å². The van der Waals surface area contributed by atoms with E-state index in [0.29, 0.717) is 35.4 Å². The van der Waals surface area contributed by atoms with E-state index in [1.165, 1.54) is 44.4 Å². The van der Waals surface area contributed by atoms with Crippen molar-refractivity contribution < 1.29 is 4.74 Å². The molecule has 0 fully saturated rings. The van der Waals surface area contributed by atoms with Crippen LogP contribution in [0.15, 0.2) is 133 Å². The van der Waals surface area contributed by atoms with Gasteiger partial charge in [-0.25, -0.2) is 9.97 Å². The van der Waals surface area contributed by atoms with E-state index >= 15 is 0 Å². The lowest BCUT2D eigenvalue weighted by Gasteiger charge is -2.23. The van der Waals surface area contributed by atoms with Crippen molar-refractivity contribution in [3.8, 4) is 45.9 Å². The Morgan fingerprint density at radius 3 is 1.11 bits per heavy atom. The SMILES string of the molecule is CC(C)c1cccc(C(C)C)c1-n1c(-c2cccc(Oc3cccc(-c4cc5ccccc5n4-c4c(C(C)C)cccc4C(C)C)n3)n2)cc2ccccc21. The van der Waals surface area contributed by atoms with Gasteiger partial charge in [0.1, 0.15) is 0 Å². The molecule has 0 unspecified atom stereocenters. The molecule has 8 aromatic rings. The summed E-state index contributed by atoms with van der Waals surface area (Å²) in [5.41, 5.74) is 13.8. The maximum atomic E-state index is 6.55. The van der Waals surface area contributed by atoms with Gasteiger partial charge >= 0.3 is 0 Å². The smallest absolute Gasteiger partial charge is 0.221 e. The van der Waals surface area contributed by atoms with Crippen molar-refractivity contribution in [3.63, 3.8) is 0 Å². The number of para-hydroxylation sites is 4. The van der Waals surface area contributed by atoms with Gasteiger partial charge in [0.15, 0.2) is 0 Å². The minimum Gasteiger partial charge on any atom is -0.421 e. The number of ether oxygens (including phenoxy) is 1. The number of benzene rings is 4. The Morgan fingerprint density at radius 1 is 0.400 bits per heavy atom. The molecule has 0 aliphatic heterocycles. The van der Waals surface area contributed by atoms with Gasteiger partial charge in [0, 0.05) is 22.9 Å². The van der Waals surface area contributed by atoms with Crippen molar-refractivity contribution >= 4 is 21.8 Å². The Labute approximate surface area is 325 Å². The summed E-state index contributed by atoms with van der Waals surface area (Å²) in [5, 5.41) is 2.34. The van der Waals surface area contributed by atoms with Crippen LogP contribution in [-0.4, -0.2) is 19.1 Å². The zero-order valence-electron chi connectivity index (χ0n) is 33.2. The van der Waals surface area contributed by atoms with Crippen molar-refractivity contribution in [2.45, 2.75) is 79.1 Å². The van der Waals surface area contributed by atoms with Crippen LogP contribution in [0, 0.1) is 0 Å². The molecule has 0 radical (unpaired) electrons. The van der Waals surface area contributed by atoms with E-state index in [2.05, 4.69) is 174 Å². The summed E-state index contributed by atoms with van der Waals surface area (Å²) in [6.45, 7) is 18.2. The van der Waals surface area contributed by atoms with Gasteiger partial charge in [-0.05, 0) is 82.3 Å². The van der Waals surface area contributed by atoms with Gasteiger partial charge in [0.2, 0.25) is 11.8 Å². The molecule has 0 aliphatic carbocycles. The first kappa shape index (κ1) is 36.1. The topological polar surface area (TPSA) is 44.9 Å². The average Bonchev–Trinajstić information content (AvgIpc) is 3.76. The molecule has 4 aromatic heterocycles. The lowest BCUT2D eigenvalue weighted by atomic mass is 9.92. The predicted molar refractivity (Wildman–Crippen MR) is 229 cm³/mol. The van der Waals surface area contributed by atoms with Gasteiger partial charge in [-0.2, -0.15) is 0 Å². The molecule has 0 N–H and O–H groups in total. The lowest BCUT2D eigenvalue weighted by molar-refractivity contribution is 0.446. The average molecular weight is 723 g/mol. The Balaban J connectivity index is 1.23. The Bertz CT molecular complexity index is 2420. The van der Waals surface area contributed by atoms with Gasteiger partial charge < -0.3 is 13.9 Å². The van der Waals surface area contributed by atoms with Crippen molar-refractivity contribution in [1.29, 1.82) is 0 Å². The fraction of sp³-hybridized carbons (Fsp3) is 0.240. The second-order valence-corrected chi connectivity index (χ2v) is 15.9. The molecular weight excluding hydrogens is 673 g/mol. The number of fused-ring (bicyclic) bond motifs is 2. The Hall–Kier alpha value is -5.94. The summed E-state index contributed by atoms with van der Waals surface area (Å²) in [4.78, 5) is 10.3. The monoisotopic (exact) mass is 722 g/mol. The van der Waals surface area contributed by atoms with Crippen LogP contribution in [0.4, 0.5) is 0 Å². The second kappa shape index (κ2) is 14.7. The van der Waals surface area contributed by atoms with Gasteiger partial charge in [0.05, 0.1) is 45.2 Å². The molecule has 0 saturated heterocycles. The molecule has 8 rings (SSSR count). The van der Waals surface area contributed by atoms with E-state index in [4.69, 9.17) is 14.7 Å². The van der Waals surface area contributed by atoms with Crippen molar-refractivity contribution in [2.75, 3.05) is 0 Å². The van der Waals surface area contributed by atoms with Gasteiger partial charge in [-0.15, -0.1) is 0 Å². The number of rotatable bonds is 10. The highest BCUT2D eigenvalue weighted by Crippen LogP contribution is 2.40. The third-order valence-corrected chi connectivity index (χ3v) is 10.7. The van der Waals surface area contributed by atoms with E-state index < -0.39 is 0 Å². The number of nitrogens with zero attached hydrogens (tertiary/aromatic N) is 4. The molecule has 5 nitrogen and oxygen atoms in total. The Kier molecular flexibility index (Phi) is 9.64. The summed E-state index contributed by atoms with van der Waals surface area (Å²) in [5.74, 6) is 2.37. The zero-order chi connectivity index (χ0) is 38.4. The summed E-state index contributed by atoms with van der Waals surface area (Å²) in [6.07, 6.45) is 0. The molecule has 276 valence electrons. The fourth-order valence-electron chi connectivity index (χ4n) is 8.04. The third-order valence-electron chi connectivity index (χ3n) is 10.7. The minimum atomic E-state index is 0.346. The van der Waals surface area contributed by atoms with Crippen LogP contribution in [0.5, 0.6) is 11.8 Å². The molecule has 4 aromatic carbocycles. The highest BCUT2D eigenvalue weighted by atomic mass is 16.5. The van der Waals surface area contributed by atoms with Crippen LogP contribution in [0.2, 0.25) is 0 Å². The minimum absolute atomic E-state index is 0.346. The Morgan fingerprint density at radius 2 is 0.745 bits per heavy atom. The molecule has 0 atom stereocenters. The quantitative estimate of drug-likeness (QED) is 0.141. The largest absolute Gasteiger partial charge is 0.421 e. The van der Waals surface area contributed by atoms with Gasteiger partial charge in [-0.1, -0.05) is 140 Å². The predicted octanol–water partition coefficient (Wildman–Crippen LogP) is 14.0. The van der Waals surface area contributed by atoms with Crippen LogP contribution in [0.25, 0.3) is 56.0 Å². The summed E-state index contributed by atoms with van der Waals surface area (Å²) in [6, 6.07) is 47.2. The highest BCUT2D eigenvalue weighted by Gasteiger charge is 2.23. The molecule has 0 amide bonds. The molecule has 4 heterocycles.